The van der Waals surface area contributed by atoms with E-state index < -0.39 is 4.92 Å². The molecule has 16 heavy (non-hydrogen) atoms. The number of nitrogens with two attached hydrogens (primary N) is 1. The summed E-state index contributed by atoms with van der Waals surface area (Å²) >= 11 is 0. The van der Waals surface area contributed by atoms with Gasteiger partial charge in [-0.05, 0) is 18.4 Å². The van der Waals surface area contributed by atoms with Gasteiger partial charge in [-0.1, -0.05) is 12.1 Å². The molecule has 1 aromatic rings. The van der Waals surface area contributed by atoms with Gasteiger partial charge in [0.1, 0.15) is 0 Å². The highest BCUT2D eigenvalue weighted by Gasteiger charge is 2.05. The summed E-state index contributed by atoms with van der Waals surface area (Å²) in [5.74, 6) is 0. The monoisotopic (exact) mass is 224 g/mol. The fourth-order valence-electron chi connectivity index (χ4n) is 1.43. The van der Waals surface area contributed by atoms with E-state index in [0.29, 0.717) is 6.61 Å². The molecule has 0 aromatic heterocycles. The highest BCUT2D eigenvalue weighted by atomic mass is 16.6. The lowest BCUT2D eigenvalue weighted by atomic mass is 10.1. The predicted molar refractivity (Wildman–Crippen MR) is 61.3 cm³/mol. The molecule has 0 spiro atoms. The van der Waals surface area contributed by atoms with Crippen LogP contribution in [-0.4, -0.2) is 24.7 Å². The molecular weight excluding hydrogens is 208 g/mol. The summed E-state index contributed by atoms with van der Waals surface area (Å²) < 4.78 is 4.93. The van der Waals surface area contributed by atoms with Gasteiger partial charge in [-0.25, -0.2) is 0 Å². The third-order valence-corrected chi connectivity index (χ3v) is 2.33. The molecule has 0 aliphatic rings. The zero-order valence-corrected chi connectivity index (χ0v) is 9.26. The highest BCUT2D eigenvalue weighted by Crippen LogP contribution is 2.13. The maximum Gasteiger partial charge on any atom is 0.269 e. The van der Waals surface area contributed by atoms with Gasteiger partial charge in [0, 0.05) is 25.3 Å². The molecule has 0 saturated heterocycles. The average Bonchev–Trinajstić information content (AvgIpc) is 2.27. The Morgan fingerprint density at radius 2 is 2.06 bits per heavy atom. The van der Waals surface area contributed by atoms with Gasteiger partial charge >= 0.3 is 0 Å². The van der Waals surface area contributed by atoms with Gasteiger partial charge in [-0.2, -0.15) is 0 Å². The van der Waals surface area contributed by atoms with Gasteiger partial charge in [0.05, 0.1) is 11.5 Å². The molecule has 0 fully saturated rings. The topological polar surface area (TPSA) is 78.4 Å². The Morgan fingerprint density at radius 3 is 2.56 bits per heavy atom. The minimum Gasteiger partial charge on any atom is -0.383 e. The van der Waals surface area contributed by atoms with E-state index in [2.05, 4.69) is 0 Å². The standard InChI is InChI=1S/C11H16N2O3/c1-16-8-10(12)5-2-9-3-6-11(7-4-9)13(14)15/h3-4,6-7,10H,2,5,8,12H2,1H3. The molecule has 5 nitrogen and oxygen atoms in total. The van der Waals surface area contributed by atoms with Gasteiger partial charge in [0.25, 0.3) is 5.69 Å². The summed E-state index contributed by atoms with van der Waals surface area (Å²) in [6, 6.07) is 6.56. The van der Waals surface area contributed by atoms with E-state index in [9.17, 15) is 10.1 Å². The Balaban J connectivity index is 2.46. The van der Waals surface area contributed by atoms with Gasteiger partial charge in [-0.15, -0.1) is 0 Å². The number of nitro benzene ring substituents is 1. The van der Waals surface area contributed by atoms with Gasteiger partial charge < -0.3 is 10.5 Å². The van der Waals surface area contributed by atoms with Crippen molar-refractivity contribution >= 4 is 5.69 Å². The fraction of sp³-hybridized carbons (Fsp3) is 0.455. The first-order chi connectivity index (χ1) is 7.63. The molecule has 0 saturated carbocycles. The van der Waals surface area contributed by atoms with Crippen LogP contribution in [0.4, 0.5) is 5.69 Å². The van der Waals surface area contributed by atoms with Crippen LogP contribution in [0.2, 0.25) is 0 Å². The van der Waals surface area contributed by atoms with Gasteiger partial charge in [-0.3, -0.25) is 10.1 Å². The summed E-state index contributed by atoms with van der Waals surface area (Å²) in [4.78, 5) is 10.0. The zero-order valence-electron chi connectivity index (χ0n) is 9.26. The molecule has 0 heterocycles. The van der Waals surface area contributed by atoms with Crippen LogP contribution in [0.5, 0.6) is 0 Å². The first kappa shape index (κ1) is 12.6. The number of non-ortho nitro benzene ring substituents is 1. The van der Waals surface area contributed by atoms with Crippen molar-refractivity contribution in [1.29, 1.82) is 0 Å². The number of nitro groups is 1. The first-order valence-electron chi connectivity index (χ1n) is 5.11. The SMILES string of the molecule is COCC(N)CCc1ccc([N+](=O)[O-])cc1. The van der Waals surface area contributed by atoms with Crippen molar-refractivity contribution in [3.8, 4) is 0 Å². The highest BCUT2D eigenvalue weighted by molar-refractivity contribution is 5.32. The maximum absolute atomic E-state index is 10.4. The molecule has 1 aromatic carbocycles. The van der Waals surface area contributed by atoms with E-state index >= 15 is 0 Å². The van der Waals surface area contributed by atoms with Crippen LogP contribution in [0.15, 0.2) is 24.3 Å². The molecule has 1 atom stereocenters. The average molecular weight is 224 g/mol. The van der Waals surface area contributed by atoms with E-state index in [1.54, 1.807) is 19.2 Å². The predicted octanol–water partition coefficient (Wildman–Crippen LogP) is 1.50. The summed E-state index contributed by atoms with van der Waals surface area (Å²) in [5.41, 5.74) is 6.95. The Kier molecular flexibility index (Phi) is 4.88. The lowest BCUT2D eigenvalue weighted by Gasteiger charge is -2.09. The molecule has 0 aliphatic carbocycles. The second kappa shape index (κ2) is 6.19. The van der Waals surface area contributed by atoms with Crippen molar-refractivity contribution in [3.05, 3.63) is 39.9 Å². The van der Waals surface area contributed by atoms with E-state index in [0.717, 1.165) is 18.4 Å². The van der Waals surface area contributed by atoms with Gasteiger partial charge in [0.2, 0.25) is 0 Å². The molecule has 88 valence electrons. The lowest BCUT2D eigenvalue weighted by Crippen LogP contribution is -2.26. The van der Waals surface area contributed by atoms with Crippen molar-refractivity contribution in [2.45, 2.75) is 18.9 Å². The Morgan fingerprint density at radius 1 is 1.44 bits per heavy atom. The van der Waals surface area contributed by atoms with E-state index in [1.807, 2.05) is 0 Å². The number of hydrogen-bond donors (Lipinski definition) is 1. The smallest absolute Gasteiger partial charge is 0.269 e. The minimum atomic E-state index is -0.402. The van der Waals surface area contributed by atoms with Crippen molar-refractivity contribution in [1.82, 2.24) is 0 Å². The van der Waals surface area contributed by atoms with E-state index in [4.69, 9.17) is 10.5 Å². The Hall–Kier alpha value is -1.46. The molecule has 1 unspecified atom stereocenters. The summed E-state index contributed by atoms with van der Waals surface area (Å²) in [5, 5.41) is 10.4. The molecule has 0 aliphatic heterocycles. The molecule has 2 N–H and O–H groups in total. The van der Waals surface area contributed by atoms with Crippen molar-refractivity contribution in [3.63, 3.8) is 0 Å². The number of methoxy groups -OCH3 is 1. The largest absolute Gasteiger partial charge is 0.383 e. The molecule has 0 radical (unpaired) electrons. The van der Waals surface area contributed by atoms with Crippen LogP contribution >= 0.6 is 0 Å². The number of nitrogens with zero attached hydrogens (tertiary/aromatic N) is 1. The van der Waals surface area contributed by atoms with Crippen LogP contribution < -0.4 is 5.73 Å². The van der Waals surface area contributed by atoms with Gasteiger partial charge in [0.15, 0.2) is 0 Å². The quantitative estimate of drug-likeness (QED) is 0.586. The second-order valence-corrected chi connectivity index (χ2v) is 3.68. The number of ether oxygens (including phenoxy) is 1. The number of aryl methyl sites for hydroxylation is 1. The first-order valence-corrected chi connectivity index (χ1v) is 5.11. The lowest BCUT2D eigenvalue weighted by molar-refractivity contribution is -0.384. The Labute approximate surface area is 94.4 Å². The van der Waals surface area contributed by atoms with Crippen LogP contribution in [0.25, 0.3) is 0 Å². The van der Waals surface area contributed by atoms with Crippen LogP contribution in [0.1, 0.15) is 12.0 Å². The normalized spacial score (nSPS) is 12.4. The second-order valence-electron chi connectivity index (χ2n) is 3.68. The fourth-order valence-corrected chi connectivity index (χ4v) is 1.43. The zero-order chi connectivity index (χ0) is 12.0. The van der Waals surface area contributed by atoms with E-state index in [1.165, 1.54) is 12.1 Å². The van der Waals surface area contributed by atoms with Crippen molar-refractivity contribution in [2.75, 3.05) is 13.7 Å². The summed E-state index contributed by atoms with van der Waals surface area (Å²) in [7, 11) is 1.62. The molecular formula is C11H16N2O3. The number of rotatable bonds is 6. The molecule has 0 bridgehead atoms. The third kappa shape index (κ3) is 3.96. The number of hydrogen-bond acceptors (Lipinski definition) is 4. The van der Waals surface area contributed by atoms with Crippen molar-refractivity contribution < 1.29 is 9.66 Å². The van der Waals surface area contributed by atoms with Crippen LogP contribution in [0.3, 0.4) is 0 Å². The van der Waals surface area contributed by atoms with Crippen molar-refractivity contribution in [2.24, 2.45) is 5.73 Å². The molecule has 0 amide bonds. The maximum atomic E-state index is 10.4. The number of benzene rings is 1. The molecule has 1 rings (SSSR count). The van der Waals surface area contributed by atoms with E-state index in [-0.39, 0.29) is 11.7 Å². The third-order valence-electron chi connectivity index (χ3n) is 2.33. The summed E-state index contributed by atoms with van der Waals surface area (Å²) in [6.07, 6.45) is 1.62. The Bertz CT molecular complexity index is 338. The van der Waals surface area contributed by atoms with Crippen LogP contribution in [0, 0.1) is 10.1 Å². The van der Waals surface area contributed by atoms with Crippen LogP contribution in [-0.2, 0) is 11.2 Å². The molecule has 5 heteroatoms. The summed E-state index contributed by atoms with van der Waals surface area (Å²) in [6.45, 7) is 0.535. The minimum absolute atomic E-state index is 0.0141.